The normalized spacial score (nSPS) is 16.2. The fourth-order valence-corrected chi connectivity index (χ4v) is 9.80. The van der Waals surface area contributed by atoms with Gasteiger partial charge in [-0.2, -0.15) is 0 Å². The Bertz CT molecular complexity index is 549. The van der Waals surface area contributed by atoms with Gasteiger partial charge in [0, 0.05) is 18.5 Å². The lowest BCUT2D eigenvalue weighted by Gasteiger charge is -2.46. The van der Waals surface area contributed by atoms with Gasteiger partial charge in [0.2, 0.25) is 7.29 Å². The largest absolute Gasteiger partial charge is 0.299 e. The van der Waals surface area contributed by atoms with Crippen LogP contribution in [0.25, 0.3) is 0 Å². The summed E-state index contributed by atoms with van der Waals surface area (Å²) in [6.07, 6.45) is 0.109. The molecule has 0 radical (unpaired) electrons. The van der Waals surface area contributed by atoms with Crippen molar-refractivity contribution in [3.8, 4) is 0 Å². The van der Waals surface area contributed by atoms with E-state index in [1.807, 2.05) is 58.0 Å². The van der Waals surface area contributed by atoms with Gasteiger partial charge in [-0.25, -0.2) is 4.67 Å². The van der Waals surface area contributed by atoms with E-state index >= 15 is 0 Å². The van der Waals surface area contributed by atoms with E-state index in [2.05, 4.69) is 0 Å². The molecule has 0 unspecified atom stereocenters. The average molecular weight is 440 g/mol. The van der Waals surface area contributed by atoms with Crippen molar-refractivity contribution in [2.24, 2.45) is 0 Å². The number of hydrogen-bond donors (Lipinski definition) is 0. The Morgan fingerprint density at radius 1 is 0.957 bits per heavy atom. The highest BCUT2D eigenvalue weighted by molar-refractivity contribution is 7.74. The molecule has 0 saturated carbocycles. The van der Waals surface area contributed by atoms with Gasteiger partial charge in [-0.1, -0.05) is 88.3 Å². The van der Waals surface area contributed by atoms with Crippen molar-refractivity contribution in [3.05, 3.63) is 35.9 Å². The summed E-state index contributed by atoms with van der Waals surface area (Å²) in [6.45, 7) is 7.48. The third kappa shape index (κ3) is 4.73. The smallest absolute Gasteiger partial charge is 0.258 e. The lowest BCUT2D eigenvalue weighted by Crippen LogP contribution is -2.43. The Balaban J connectivity index is 3.43. The van der Waals surface area contributed by atoms with E-state index in [1.54, 1.807) is 4.67 Å². The van der Waals surface area contributed by atoms with E-state index in [4.69, 9.17) is 58.0 Å². The molecule has 1 atom stereocenters. The maximum Gasteiger partial charge on any atom is 0.258 e. The summed E-state index contributed by atoms with van der Waals surface area (Å²) in [5, 5.41) is 0. The molecule has 0 aromatic heterocycles. The van der Waals surface area contributed by atoms with Crippen molar-refractivity contribution in [1.29, 1.82) is 0 Å². The molecule has 0 fully saturated rings. The first kappa shape index (κ1) is 21.9. The van der Waals surface area contributed by atoms with Gasteiger partial charge < -0.3 is 0 Å². The van der Waals surface area contributed by atoms with Crippen molar-refractivity contribution >= 4 is 65.3 Å². The highest BCUT2D eigenvalue weighted by Gasteiger charge is 2.62. The van der Waals surface area contributed by atoms with E-state index in [-0.39, 0.29) is 18.5 Å². The standard InChI is InChI=1S/C15H21Cl5NOP/c1-11(2)21(12(3)4)23(22,15(18,19)20)14(16,17)10-13-8-6-5-7-9-13/h5-9,11-12H,10H2,1-4H3/t23-/m0/s1. The molecule has 0 spiro atoms. The van der Waals surface area contributed by atoms with Crippen molar-refractivity contribution in [3.63, 3.8) is 0 Å². The van der Waals surface area contributed by atoms with Crippen LogP contribution in [0.2, 0.25) is 0 Å². The van der Waals surface area contributed by atoms with Crippen molar-refractivity contribution in [2.75, 3.05) is 0 Å². The molecule has 1 aromatic rings. The molecule has 0 bridgehead atoms. The van der Waals surface area contributed by atoms with Gasteiger partial charge in [-0.15, -0.1) is 0 Å². The summed E-state index contributed by atoms with van der Waals surface area (Å²) in [5.74, 6) is 0. The predicted octanol–water partition coefficient (Wildman–Crippen LogP) is 7.09. The molecular weight excluding hydrogens is 418 g/mol. The number of alkyl halides is 5. The number of rotatable bonds is 6. The first-order chi connectivity index (χ1) is 10.3. The Morgan fingerprint density at radius 3 is 1.74 bits per heavy atom. The summed E-state index contributed by atoms with van der Waals surface area (Å²) in [4.78, 5) is 0. The van der Waals surface area contributed by atoms with E-state index < -0.39 is 14.9 Å². The number of halogens is 5. The maximum atomic E-state index is 13.9. The zero-order valence-electron chi connectivity index (χ0n) is 13.4. The van der Waals surface area contributed by atoms with Crippen LogP contribution in [0.3, 0.4) is 0 Å². The molecule has 1 aromatic carbocycles. The van der Waals surface area contributed by atoms with Crippen LogP contribution in [0.4, 0.5) is 0 Å². The van der Waals surface area contributed by atoms with Crippen LogP contribution in [-0.2, 0) is 11.0 Å². The van der Waals surface area contributed by atoms with E-state index in [0.717, 1.165) is 5.56 Å². The minimum Gasteiger partial charge on any atom is -0.299 e. The Labute approximate surface area is 163 Å². The van der Waals surface area contributed by atoms with Gasteiger partial charge in [-0.05, 0) is 33.3 Å². The third-order valence-corrected chi connectivity index (χ3v) is 10.4. The molecule has 0 saturated heterocycles. The summed E-state index contributed by atoms with van der Waals surface area (Å²) in [5.41, 5.74) is 0.819. The molecule has 2 nitrogen and oxygen atoms in total. The molecule has 8 heteroatoms. The molecule has 1 rings (SSSR count). The predicted molar refractivity (Wildman–Crippen MR) is 105 cm³/mol. The van der Waals surface area contributed by atoms with Crippen LogP contribution < -0.4 is 0 Å². The van der Waals surface area contributed by atoms with Crippen LogP contribution >= 0.6 is 65.3 Å². The number of hydrogen-bond acceptors (Lipinski definition) is 1. The summed E-state index contributed by atoms with van der Waals surface area (Å²) >= 11 is 31.5. The second-order valence-corrected chi connectivity index (χ2v) is 14.1. The van der Waals surface area contributed by atoms with Gasteiger partial charge in [0.25, 0.3) is 3.53 Å². The SMILES string of the molecule is CC(C)N(C(C)C)[P@@](=O)(C(Cl)(Cl)Cl)C(Cl)(Cl)Cc1ccccc1. The van der Waals surface area contributed by atoms with Crippen LogP contribution in [0.15, 0.2) is 30.3 Å². The first-order valence-electron chi connectivity index (χ1n) is 7.22. The fraction of sp³-hybridized carbons (Fsp3) is 0.600. The molecule has 23 heavy (non-hydrogen) atoms. The number of benzene rings is 1. The van der Waals surface area contributed by atoms with Gasteiger partial charge >= 0.3 is 0 Å². The minimum absolute atomic E-state index is 0.109. The Morgan fingerprint density at radius 2 is 1.39 bits per heavy atom. The van der Waals surface area contributed by atoms with E-state index in [9.17, 15) is 4.57 Å². The highest BCUT2D eigenvalue weighted by Crippen LogP contribution is 2.78. The van der Waals surface area contributed by atoms with Gasteiger partial charge in [0.05, 0.1) is 0 Å². The lowest BCUT2D eigenvalue weighted by atomic mass is 10.2. The van der Waals surface area contributed by atoms with Crippen molar-refractivity contribution < 1.29 is 4.57 Å². The molecule has 0 aliphatic heterocycles. The first-order valence-corrected chi connectivity index (χ1v) is 10.8. The summed E-state index contributed by atoms with van der Waals surface area (Å²) in [7, 11) is -3.83. The molecule has 0 aliphatic rings. The van der Waals surface area contributed by atoms with Crippen molar-refractivity contribution in [1.82, 2.24) is 4.67 Å². The fourth-order valence-electron chi connectivity index (χ4n) is 2.68. The Kier molecular flexibility index (Phi) is 7.66. The van der Waals surface area contributed by atoms with Gasteiger partial charge in [0.15, 0.2) is 4.07 Å². The summed E-state index contributed by atoms with van der Waals surface area (Å²) in [6, 6.07) is 8.93. The maximum absolute atomic E-state index is 13.9. The highest BCUT2D eigenvalue weighted by atomic mass is 35.6. The van der Waals surface area contributed by atoms with Crippen molar-refractivity contribution in [2.45, 2.75) is 53.8 Å². The average Bonchev–Trinajstić information content (AvgIpc) is 2.36. The Hall–Kier alpha value is 0.860. The van der Waals surface area contributed by atoms with E-state index in [0.29, 0.717) is 0 Å². The third-order valence-electron chi connectivity index (χ3n) is 3.43. The second kappa shape index (κ2) is 8.04. The van der Waals surface area contributed by atoms with E-state index in [1.165, 1.54) is 0 Å². The molecule has 132 valence electrons. The monoisotopic (exact) mass is 437 g/mol. The molecular formula is C15H21Cl5NOP. The minimum atomic E-state index is -3.83. The number of nitrogens with zero attached hydrogens (tertiary/aromatic N) is 1. The van der Waals surface area contributed by atoms with Crippen LogP contribution in [-0.4, -0.2) is 24.4 Å². The topological polar surface area (TPSA) is 20.3 Å². The summed E-state index contributed by atoms with van der Waals surface area (Å²) < 4.78 is 11.7. The lowest BCUT2D eigenvalue weighted by molar-refractivity contribution is 0.295. The molecule has 0 amide bonds. The van der Waals surface area contributed by atoms with Gasteiger partial charge in [-0.3, -0.25) is 4.57 Å². The quantitative estimate of drug-likeness (QED) is 0.348. The van der Waals surface area contributed by atoms with Crippen LogP contribution in [0.5, 0.6) is 0 Å². The molecule has 0 aliphatic carbocycles. The zero-order valence-corrected chi connectivity index (χ0v) is 18.1. The van der Waals surface area contributed by atoms with Crippen LogP contribution in [0.1, 0.15) is 33.3 Å². The zero-order chi connectivity index (χ0) is 18.1. The molecule has 0 N–H and O–H groups in total. The second-order valence-electron chi connectivity index (χ2n) is 5.94. The van der Waals surface area contributed by atoms with Gasteiger partial charge in [0.1, 0.15) is 0 Å². The van der Waals surface area contributed by atoms with Crippen LogP contribution in [0, 0.1) is 0 Å². The molecule has 0 heterocycles.